The van der Waals surface area contributed by atoms with Crippen LogP contribution in [0.25, 0.3) is 0 Å². The molecule has 0 rings (SSSR count). The first-order valence-electron chi connectivity index (χ1n) is 5.82. The summed E-state index contributed by atoms with van der Waals surface area (Å²) in [4.78, 5) is 23.5. The normalized spacial score (nSPS) is 13.0. The van der Waals surface area contributed by atoms with Gasteiger partial charge in [-0.3, -0.25) is 4.79 Å². The molecule has 0 saturated carbocycles. The molecule has 1 N–H and O–H groups in total. The van der Waals surface area contributed by atoms with E-state index in [0.717, 1.165) is 12.8 Å². The molecule has 0 unspecified atom stereocenters. The summed E-state index contributed by atoms with van der Waals surface area (Å²) in [6.45, 7) is 5.98. The van der Waals surface area contributed by atoms with E-state index in [1.165, 1.54) is 14.2 Å². The van der Waals surface area contributed by atoms with Crippen molar-refractivity contribution in [2.75, 3.05) is 20.8 Å². The largest absolute Gasteiger partial charge is 0.453 e. The number of alkyl carbamates (subject to hydrolysis) is 1. The Bertz CT molecular complexity index is 261. The van der Waals surface area contributed by atoms with Crippen LogP contribution >= 0.6 is 0 Å². The number of carbonyl (C=O) groups excluding carboxylic acids is 2. The molecule has 17 heavy (non-hydrogen) atoms. The summed E-state index contributed by atoms with van der Waals surface area (Å²) in [6.07, 6.45) is 0.839. The average Bonchev–Trinajstić information content (AvgIpc) is 2.36. The maximum atomic E-state index is 12.3. The number of Topliss-reactive ketones (excluding diaryl/α,β-unsaturated/α-hetero) is 1. The molecule has 0 aromatic carbocycles. The second-order valence-electron chi connectivity index (χ2n) is 4.28. The molecular formula is C12H23NO4. The summed E-state index contributed by atoms with van der Waals surface area (Å²) in [7, 11) is 2.76. The number of ketones is 1. The molecule has 5 nitrogen and oxygen atoms in total. The lowest BCUT2D eigenvalue weighted by Crippen LogP contribution is -2.49. The Balaban J connectivity index is 4.80. The van der Waals surface area contributed by atoms with Gasteiger partial charge in [-0.25, -0.2) is 4.79 Å². The zero-order valence-corrected chi connectivity index (χ0v) is 11.3. The third-order valence-electron chi connectivity index (χ3n) is 3.28. The Labute approximate surface area is 103 Å². The monoisotopic (exact) mass is 245 g/mol. The second-order valence-corrected chi connectivity index (χ2v) is 4.28. The molecule has 0 bridgehead atoms. The fourth-order valence-corrected chi connectivity index (χ4v) is 1.57. The fourth-order valence-electron chi connectivity index (χ4n) is 1.57. The molecule has 100 valence electrons. The Morgan fingerprint density at radius 3 is 2.12 bits per heavy atom. The summed E-state index contributed by atoms with van der Waals surface area (Å²) < 4.78 is 9.46. The fraction of sp³-hybridized carbons (Fsp3) is 0.833. The van der Waals surface area contributed by atoms with Gasteiger partial charge in [-0.1, -0.05) is 20.8 Å². The standard InChI is InChI=1S/C12H23NO4/c1-6-12(3,7-2)10(14)9(8-16-4)13-11(15)17-5/h9H,6-8H2,1-5H3,(H,13,15)/t9-/m0/s1. The van der Waals surface area contributed by atoms with Crippen LogP contribution in [0.4, 0.5) is 4.79 Å². The third-order valence-corrected chi connectivity index (χ3v) is 3.28. The quantitative estimate of drug-likeness (QED) is 0.742. The van der Waals surface area contributed by atoms with Crippen LogP contribution in [0.2, 0.25) is 0 Å². The van der Waals surface area contributed by atoms with Crippen molar-refractivity contribution in [2.24, 2.45) is 5.41 Å². The number of rotatable bonds is 7. The van der Waals surface area contributed by atoms with E-state index < -0.39 is 17.6 Å². The minimum absolute atomic E-state index is 0.0187. The Morgan fingerprint density at radius 2 is 1.76 bits per heavy atom. The molecule has 1 atom stereocenters. The first kappa shape index (κ1) is 15.9. The first-order valence-corrected chi connectivity index (χ1v) is 5.82. The molecule has 0 aromatic rings. The summed E-state index contributed by atoms with van der Waals surface area (Å²) >= 11 is 0. The van der Waals surface area contributed by atoms with Crippen LogP contribution in [0, 0.1) is 5.41 Å². The van der Waals surface area contributed by atoms with Gasteiger partial charge in [-0.2, -0.15) is 0 Å². The highest BCUT2D eigenvalue weighted by molar-refractivity contribution is 5.91. The zero-order valence-electron chi connectivity index (χ0n) is 11.3. The van der Waals surface area contributed by atoms with Gasteiger partial charge in [0.2, 0.25) is 0 Å². The lowest BCUT2D eigenvalue weighted by molar-refractivity contribution is -0.131. The second kappa shape index (κ2) is 7.27. The molecule has 5 heteroatoms. The number of ether oxygens (including phenoxy) is 2. The molecule has 0 saturated heterocycles. The minimum atomic E-state index is -0.655. The Kier molecular flexibility index (Phi) is 6.80. The van der Waals surface area contributed by atoms with Crippen LogP contribution in [0.15, 0.2) is 0 Å². The van der Waals surface area contributed by atoms with Crippen LogP contribution in [-0.4, -0.2) is 38.7 Å². The van der Waals surface area contributed by atoms with Gasteiger partial charge in [-0.05, 0) is 12.8 Å². The highest BCUT2D eigenvalue weighted by Crippen LogP contribution is 2.28. The molecule has 0 aromatic heterocycles. The topological polar surface area (TPSA) is 64.6 Å². The van der Waals surface area contributed by atoms with Crippen molar-refractivity contribution in [3.05, 3.63) is 0 Å². The lowest BCUT2D eigenvalue weighted by atomic mass is 9.77. The predicted octanol–water partition coefficient (Wildman–Crippen LogP) is 1.75. The maximum absolute atomic E-state index is 12.3. The van der Waals surface area contributed by atoms with E-state index in [0.29, 0.717) is 0 Å². The molecular weight excluding hydrogens is 222 g/mol. The van der Waals surface area contributed by atoms with Gasteiger partial charge in [0.25, 0.3) is 0 Å². The van der Waals surface area contributed by atoms with E-state index in [2.05, 4.69) is 10.1 Å². The van der Waals surface area contributed by atoms with Crippen molar-refractivity contribution in [2.45, 2.75) is 39.7 Å². The zero-order chi connectivity index (χ0) is 13.5. The molecule has 0 fully saturated rings. The van der Waals surface area contributed by atoms with Gasteiger partial charge in [0.15, 0.2) is 5.78 Å². The van der Waals surface area contributed by atoms with E-state index in [1.54, 1.807) is 0 Å². The summed E-state index contributed by atoms with van der Waals surface area (Å²) in [6, 6.07) is -0.655. The van der Waals surface area contributed by atoms with Gasteiger partial charge in [0.1, 0.15) is 6.04 Å². The molecule has 0 spiro atoms. The van der Waals surface area contributed by atoms with Crippen LogP contribution < -0.4 is 5.32 Å². The summed E-state index contributed by atoms with van der Waals surface area (Å²) in [5, 5.41) is 2.51. The van der Waals surface area contributed by atoms with Crippen LogP contribution in [0.5, 0.6) is 0 Å². The van der Waals surface area contributed by atoms with E-state index in [9.17, 15) is 9.59 Å². The minimum Gasteiger partial charge on any atom is -0.453 e. The average molecular weight is 245 g/mol. The van der Waals surface area contributed by atoms with Crippen molar-refractivity contribution in [3.63, 3.8) is 0 Å². The lowest BCUT2D eigenvalue weighted by Gasteiger charge is -2.29. The highest BCUT2D eigenvalue weighted by atomic mass is 16.5. The number of carbonyl (C=O) groups is 2. The van der Waals surface area contributed by atoms with E-state index in [1.807, 2.05) is 20.8 Å². The van der Waals surface area contributed by atoms with Crippen molar-refractivity contribution in [1.29, 1.82) is 0 Å². The number of hydrogen-bond acceptors (Lipinski definition) is 4. The Morgan fingerprint density at radius 1 is 1.24 bits per heavy atom. The summed E-state index contributed by atoms with van der Waals surface area (Å²) in [5.41, 5.74) is -0.440. The van der Waals surface area contributed by atoms with Gasteiger partial charge in [0, 0.05) is 12.5 Å². The van der Waals surface area contributed by atoms with Gasteiger partial charge < -0.3 is 14.8 Å². The molecule has 0 aliphatic carbocycles. The molecule has 0 radical (unpaired) electrons. The molecule has 0 aliphatic rings. The van der Waals surface area contributed by atoms with Gasteiger partial charge in [0.05, 0.1) is 13.7 Å². The van der Waals surface area contributed by atoms with Gasteiger partial charge >= 0.3 is 6.09 Å². The summed E-state index contributed by atoms with van der Waals surface area (Å²) in [5.74, 6) is -0.0187. The number of hydrogen-bond donors (Lipinski definition) is 1. The molecule has 0 heterocycles. The SMILES string of the molecule is CCC(C)(CC)C(=O)[C@H](COC)NC(=O)OC. The molecule has 1 amide bonds. The van der Waals surface area contributed by atoms with Crippen LogP contribution in [0.3, 0.4) is 0 Å². The number of methoxy groups -OCH3 is 2. The predicted molar refractivity (Wildman–Crippen MR) is 64.9 cm³/mol. The van der Waals surface area contributed by atoms with Crippen molar-refractivity contribution >= 4 is 11.9 Å². The van der Waals surface area contributed by atoms with Crippen LogP contribution in [-0.2, 0) is 14.3 Å². The van der Waals surface area contributed by atoms with Crippen molar-refractivity contribution in [3.8, 4) is 0 Å². The van der Waals surface area contributed by atoms with Crippen molar-refractivity contribution in [1.82, 2.24) is 5.32 Å². The van der Waals surface area contributed by atoms with Gasteiger partial charge in [-0.15, -0.1) is 0 Å². The highest BCUT2D eigenvalue weighted by Gasteiger charge is 2.35. The van der Waals surface area contributed by atoms with E-state index in [-0.39, 0.29) is 12.4 Å². The smallest absolute Gasteiger partial charge is 0.407 e. The van der Waals surface area contributed by atoms with Crippen molar-refractivity contribution < 1.29 is 19.1 Å². The first-order chi connectivity index (χ1) is 7.95. The molecule has 0 aliphatic heterocycles. The maximum Gasteiger partial charge on any atom is 0.407 e. The third kappa shape index (κ3) is 4.34. The van der Waals surface area contributed by atoms with E-state index >= 15 is 0 Å². The van der Waals surface area contributed by atoms with E-state index in [4.69, 9.17) is 4.74 Å². The Hall–Kier alpha value is -1.10. The van der Waals surface area contributed by atoms with Crippen LogP contribution in [0.1, 0.15) is 33.6 Å². The number of nitrogens with one attached hydrogen (secondary N) is 1. The number of amides is 1.